The average Bonchev–Trinajstić information content (AvgIpc) is 3.25. The number of hydrogen-bond donors (Lipinski definition) is 1. The van der Waals surface area contributed by atoms with Gasteiger partial charge in [-0.3, -0.25) is 9.59 Å². The molecule has 34 heavy (non-hydrogen) atoms. The third kappa shape index (κ3) is 5.67. The van der Waals surface area contributed by atoms with Crippen LogP contribution in [-0.4, -0.2) is 39.7 Å². The van der Waals surface area contributed by atoms with Gasteiger partial charge in [-0.25, -0.2) is 4.98 Å². The highest BCUT2D eigenvalue weighted by molar-refractivity contribution is 7.99. The van der Waals surface area contributed by atoms with E-state index in [4.69, 9.17) is 4.74 Å². The van der Waals surface area contributed by atoms with Crippen molar-refractivity contribution in [2.45, 2.75) is 18.9 Å². The maximum atomic E-state index is 12.3. The number of anilines is 1. The highest BCUT2D eigenvalue weighted by atomic mass is 32.2. The smallest absolute Gasteiger partial charge is 0.234 e. The second-order valence-corrected chi connectivity index (χ2v) is 9.39. The van der Waals surface area contributed by atoms with E-state index in [-0.39, 0.29) is 17.4 Å². The number of aromatic nitrogens is 3. The Bertz CT molecular complexity index is 1340. The van der Waals surface area contributed by atoms with E-state index in [0.717, 1.165) is 32.6 Å². The van der Waals surface area contributed by atoms with Crippen molar-refractivity contribution in [1.29, 1.82) is 0 Å². The minimum absolute atomic E-state index is 0.0485. The minimum Gasteiger partial charge on any atom is -0.497 e. The van der Waals surface area contributed by atoms with Crippen molar-refractivity contribution in [2.75, 3.05) is 18.2 Å². The van der Waals surface area contributed by atoms with Gasteiger partial charge >= 0.3 is 0 Å². The van der Waals surface area contributed by atoms with Gasteiger partial charge in [0.1, 0.15) is 21.5 Å². The highest BCUT2D eigenvalue weighted by Gasteiger charge is 2.14. The van der Waals surface area contributed by atoms with Crippen molar-refractivity contribution >= 4 is 40.5 Å². The predicted octanol–water partition coefficient (Wildman–Crippen LogP) is 5.52. The second-order valence-electron chi connectivity index (χ2n) is 7.40. The quantitative estimate of drug-likeness (QED) is 0.257. The Morgan fingerprint density at radius 3 is 2.62 bits per heavy atom. The molecule has 0 aliphatic carbocycles. The molecule has 4 rings (SSSR count). The monoisotopic (exact) mass is 490 g/mol. The summed E-state index contributed by atoms with van der Waals surface area (Å²) < 4.78 is 5.31. The van der Waals surface area contributed by atoms with Gasteiger partial charge in [-0.1, -0.05) is 36.0 Å². The minimum atomic E-state index is -0.183. The molecule has 4 aromatic rings. The van der Waals surface area contributed by atoms with Crippen LogP contribution in [0, 0.1) is 6.92 Å². The van der Waals surface area contributed by atoms with Crippen LogP contribution in [0.4, 0.5) is 5.69 Å². The third-order valence-corrected chi connectivity index (χ3v) is 7.04. The zero-order chi connectivity index (χ0) is 24.1. The van der Waals surface area contributed by atoms with E-state index in [1.54, 1.807) is 42.7 Å². The number of thioether (sulfide) groups is 1. The van der Waals surface area contributed by atoms with Gasteiger partial charge in [-0.05, 0) is 50.2 Å². The van der Waals surface area contributed by atoms with Crippen molar-refractivity contribution in [3.63, 3.8) is 0 Å². The summed E-state index contributed by atoms with van der Waals surface area (Å²) in [5.74, 6) is 0.729. The summed E-state index contributed by atoms with van der Waals surface area (Å²) in [6.07, 6.45) is 0. The Labute approximate surface area is 205 Å². The molecule has 0 atom stereocenters. The lowest BCUT2D eigenvalue weighted by atomic mass is 10.1. The molecule has 2 heterocycles. The average molecular weight is 491 g/mol. The number of rotatable bonds is 8. The molecule has 0 saturated carbocycles. The molecule has 0 unspecified atom stereocenters. The van der Waals surface area contributed by atoms with Crippen LogP contribution in [0.3, 0.4) is 0 Å². The largest absolute Gasteiger partial charge is 0.497 e. The molecule has 0 spiro atoms. The molecule has 0 aliphatic rings. The van der Waals surface area contributed by atoms with Crippen LogP contribution in [-0.2, 0) is 4.79 Å². The van der Waals surface area contributed by atoms with Crippen LogP contribution in [0.5, 0.6) is 5.75 Å². The predicted molar refractivity (Wildman–Crippen MR) is 136 cm³/mol. The Morgan fingerprint density at radius 2 is 1.88 bits per heavy atom. The molecular formula is C25H22N4O3S2. The Morgan fingerprint density at radius 1 is 1.06 bits per heavy atom. The summed E-state index contributed by atoms with van der Waals surface area (Å²) >= 11 is 2.84. The number of Topliss-reactive ketones (excluding diaryl/α,β-unsaturated/α-hetero) is 1. The Balaban J connectivity index is 1.40. The number of amides is 1. The normalized spacial score (nSPS) is 10.7. The third-order valence-electron chi connectivity index (χ3n) is 4.89. The zero-order valence-corrected chi connectivity index (χ0v) is 20.5. The topological polar surface area (TPSA) is 94.1 Å². The van der Waals surface area contributed by atoms with E-state index in [9.17, 15) is 9.59 Å². The first-order chi connectivity index (χ1) is 16.4. The number of ketones is 1. The van der Waals surface area contributed by atoms with Crippen LogP contribution in [0.2, 0.25) is 0 Å². The highest BCUT2D eigenvalue weighted by Crippen LogP contribution is 2.35. The van der Waals surface area contributed by atoms with E-state index in [0.29, 0.717) is 16.3 Å². The number of aryl methyl sites for hydroxylation is 1. The molecular weight excluding hydrogens is 468 g/mol. The molecule has 2 aromatic carbocycles. The standard InChI is InChI=1S/C25H22N4O3S2/c1-15-24(34-25(26-15)18-7-5-9-20(13-18)32-3)21-10-11-23(29-28-21)33-14-22(31)27-19-8-4-6-17(12-19)16(2)30/h4-13H,14H2,1-3H3,(H,27,31). The molecule has 0 saturated heterocycles. The molecule has 9 heteroatoms. The number of methoxy groups -OCH3 is 1. The summed E-state index contributed by atoms with van der Waals surface area (Å²) in [5.41, 5.74) is 3.74. The van der Waals surface area contributed by atoms with Crippen molar-refractivity contribution in [2.24, 2.45) is 0 Å². The van der Waals surface area contributed by atoms with E-state index < -0.39 is 0 Å². The van der Waals surface area contributed by atoms with Crippen LogP contribution >= 0.6 is 23.1 Å². The number of ether oxygens (including phenoxy) is 1. The molecule has 0 fully saturated rings. The SMILES string of the molecule is COc1cccc(-c2nc(C)c(-c3ccc(SCC(=O)Nc4cccc(C(C)=O)c4)nn3)s2)c1. The fourth-order valence-corrected chi connectivity index (χ4v) is 4.83. The molecule has 2 aromatic heterocycles. The van der Waals surface area contributed by atoms with Crippen LogP contribution in [0.25, 0.3) is 21.1 Å². The number of carbonyl (C=O) groups excluding carboxylic acids is 2. The van der Waals surface area contributed by atoms with E-state index in [1.165, 1.54) is 18.7 Å². The van der Waals surface area contributed by atoms with E-state index >= 15 is 0 Å². The fraction of sp³-hybridized carbons (Fsp3) is 0.160. The van der Waals surface area contributed by atoms with E-state index in [2.05, 4.69) is 20.5 Å². The maximum Gasteiger partial charge on any atom is 0.234 e. The van der Waals surface area contributed by atoms with Gasteiger partial charge in [0.2, 0.25) is 5.91 Å². The van der Waals surface area contributed by atoms with Crippen LogP contribution in [0.15, 0.2) is 65.7 Å². The number of hydrogen-bond acceptors (Lipinski definition) is 8. The summed E-state index contributed by atoms with van der Waals surface area (Å²) in [6.45, 7) is 3.44. The van der Waals surface area contributed by atoms with Crippen molar-refractivity contribution in [3.05, 3.63) is 71.9 Å². The maximum absolute atomic E-state index is 12.3. The van der Waals surface area contributed by atoms with Gasteiger partial charge in [0.15, 0.2) is 5.78 Å². The fourth-order valence-electron chi connectivity index (χ4n) is 3.18. The van der Waals surface area contributed by atoms with E-state index in [1.807, 2.05) is 43.3 Å². The molecule has 0 bridgehead atoms. The number of carbonyl (C=O) groups is 2. The molecule has 0 aliphatic heterocycles. The second kappa shape index (κ2) is 10.6. The Hall–Kier alpha value is -3.56. The first-order valence-corrected chi connectivity index (χ1v) is 12.2. The molecule has 172 valence electrons. The van der Waals surface area contributed by atoms with Crippen molar-refractivity contribution in [3.8, 4) is 26.9 Å². The summed E-state index contributed by atoms with van der Waals surface area (Å²) in [4.78, 5) is 29.4. The molecule has 1 amide bonds. The lowest BCUT2D eigenvalue weighted by Gasteiger charge is -2.06. The van der Waals surface area contributed by atoms with Crippen molar-refractivity contribution < 1.29 is 14.3 Å². The van der Waals surface area contributed by atoms with Crippen LogP contribution < -0.4 is 10.1 Å². The first-order valence-electron chi connectivity index (χ1n) is 10.4. The van der Waals surface area contributed by atoms with Crippen molar-refractivity contribution in [1.82, 2.24) is 15.2 Å². The molecule has 0 radical (unpaired) electrons. The first kappa shape index (κ1) is 23.6. The van der Waals surface area contributed by atoms with Gasteiger partial charge in [0.25, 0.3) is 0 Å². The van der Waals surface area contributed by atoms with Gasteiger partial charge < -0.3 is 10.1 Å². The number of nitrogens with zero attached hydrogens (tertiary/aromatic N) is 3. The zero-order valence-electron chi connectivity index (χ0n) is 18.9. The summed E-state index contributed by atoms with van der Waals surface area (Å²) in [5, 5.41) is 13.0. The number of benzene rings is 2. The van der Waals surface area contributed by atoms with Gasteiger partial charge in [-0.15, -0.1) is 21.5 Å². The number of thiazole rings is 1. The molecule has 1 N–H and O–H groups in total. The Kier molecular flexibility index (Phi) is 7.34. The van der Waals surface area contributed by atoms with Gasteiger partial charge in [-0.2, -0.15) is 0 Å². The van der Waals surface area contributed by atoms with Crippen LogP contribution in [0.1, 0.15) is 23.0 Å². The lowest BCUT2D eigenvalue weighted by Crippen LogP contribution is -2.14. The summed E-state index contributed by atoms with van der Waals surface area (Å²) in [6, 6.07) is 18.4. The van der Waals surface area contributed by atoms with Gasteiger partial charge in [0, 0.05) is 16.8 Å². The number of nitrogens with one attached hydrogen (secondary N) is 1. The lowest BCUT2D eigenvalue weighted by molar-refractivity contribution is -0.113. The molecule has 7 nitrogen and oxygen atoms in total. The summed E-state index contributed by atoms with van der Waals surface area (Å²) in [7, 11) is 1.64. The van der Waals surface area contributed by atoms with Gasteiger partial charge in [0.05, 0.1) is 23.4 Å².